The SMILES string of the molecule is CCN1CCCC1CNC(=O)c1cc(Cl)c(NC(=O)CS)cc1OC.CN(CCS)CCS.[99Tc+6].[O-2]. The molecule has 0 aliphatic carbocycles. The van der Waals surface area contributed by atoms with Crippen LogP contribution in [0.1, 0.15) is 30.1 Å². The Kier molecular flexibility index (Phi) is 22.0. The van der Waals surface area contributed by atoms with Gasteiger partial charge in [0.1, 0.15) is 5.75 Å². The van der Waals surface area contributed by atoms with E-state index in [4.69, 9.17) is 16.3 Å². The summed E-state index contributed by atoms with van der Waals surface area (Å²) in [6.45, 7) is 6.89. The van der Waals surface area contributed by atoms with Crippen molar-refractivity contribution in [1.29, 1.82) is 0 Å². The van der Waals surface area contributed by atoms with Crippen molar-refractivity contribution in [3.8, 4) is 5.75 Å². The first-order valence-electron chi connectivity index (χ1n) is 11.0. The first-order valence-corrected chi connectivity index (χ1v) is 13.3. The third-order valence-corrected chi connectivity index (χ3v) is 6.32. The number of halogens is 1. The van der Waals surface area contributed by atoms with E-state index in [9.17, 15) is 9.59 Å². The summed E-state index contributed by atoms with van der Waals surface area (Å²) >= 11 is 18.3. The molecule has 1 aliphatic rings. The minimum Gasteiger partial charge on any atom is -2.00 e. The standard InChI is InChI=1S/C17H24ClN3O3S.C5H13NS2.O.Tc/c1-3-21-6-4-5-11(21)9-19-17(23)12-7-13(18)14(8-15(12)24-2)20-16(22)10-25;1-6(2-4-7)3-5-8;;/h7-8,11,25H,3-6,9-10H2,1-2H3,(H,19,23)(H,20,22);7-8H,2-5H2,1H3;;/q;;-2;+6/i;;;1+1. The van der Waals surface area contributed by atoms with Crippen LogP contribution in [0, 0.1) is 0 Å². The van der Waals surface area contributed by atoms with Gasteiger partial charge in [-0.25, -0.2) is 0 Å². The van der Waals surface area contributed by atoms with E-state index in [0.717, 1.165) is 50.5 Å². The molecule has 1 radical (unpaired) electrons. The van der Waals surface area contributed by atoms with Crippen molar-refractivity contribution in [3.05, 3.63) is 22.7 Å². The van der Waals surface area contributed by atoms with Gasteiger partial charge in [0.25, 0.3) is 5.91 Å². The summed E-state index contributed by atoms with van der Waals surface area (Å²) in [5.74, 6) is 1.74. The van der Waals surface area contributed by atoms with Crippen LogP contribution in [-0.4, -0.2) is 91.8 Å². The van der Waals surface area contributed by atoms with Crippen molar-refractivity contribution in [1.82, 2.24) is 15.1 Å². The van der Waals surface area contributed by atoms with Crippen LogP contribution in [0.2, 0.25) is 5.02 Å². The van der Waals surface area contributed by atoms with Crippen LogP contribution in [0.25, 0.3) is 0 Å². The molecule has 2 N–H and O–H groups in total. The number of methoxy groups -OCH3 is 1. The molecule has 1 atom stereocenters. The van der Waals surface area contributed by atoms with Gasteiger partial charge in [-0.3, -0.25) is 14.5 Å². The van der Waals surface area contributed by atoms with E-state index in [-0.39, 0.29) is 48.2 Å². The molecule has 1 aliphatic heterocycles. The number of carbonyl (C=O) groups is 2. The van der Waals surface area contributed by atoms with E-state index in [1.807, 2.05) is 0 Å². The molecule has 0 bridgehead atoms. The number of likely N-dealkylation sites (tertiary alicyclic amines) is 1. The second kappa shape index (κ2) is 20.8. The number of nitrogens with one attached hydrogen (secondary N) is 2. The summed E-state index contributed by atoms with van der Waals surface area (Å²) in [5.41, 5.74) is 0.736. The number of benzene rings is 1. The van der Waals surface area contributed by atoms with Gasteiger partial charge in [0, 0.05) is 43.2 Å². The van der Waals surface area contributed by atoms with E-state index >= 15 is 0 Å². The molecule has 8 nitrogen and oxygen atoms in total. The fraction of sp³-hybridized carbons (Fsp3) is 0.636. The van der Waals surface area contributed by atoms with Crippen LogP contribution in [0.15, 0.2) is 12.1 Å². The summed E-state index contributed by atoms with van der Waals surface area (Å²) in [7, 11) is 3.55. The minimum atomic E-state index is -0.287. The number of ether oxygens (including phenoxy) is 1. The third kappa shape index (κ3) is 13.3. The van der Waals surface area contributed by atoms with E-state index < -0.39 is 0 Å². The number of anilines is 1. The second-order valence-corrected chi connectivity index (χ2v) is 9.24. The predicted molar refractivity (Wildman–Crippen MR) is 149 cm³/mol. The molecule has 1 aromatic carbocycles. The van der Waals surface area contributed by atoms with E-state index in [1.54, 1.807) is 6.07 Å². The molecular formula is C22H37ClN4O4S3Tc+4. The van der Waals surface area contributed by atoms with Crippen molar-refractivity contribution < 1.29 is 39.9 Å². The van der Waals surface area contributed by atoms with Gasteiger partial charge >= 0.3 is 20.1 Å². The largest absolute Gasteiger partial charge is 6.00 e. The Morgan fingerprint density at radius 3 is 2.37 bits per heavy atom. The molecule has 1 heterocycles. The maximum Gasteiger partial charge on any atom is 6.00 e. The number of hydrogen-bond acceptors (Lipinski definition) is 8. The van der Waals surface area contributed by atoms with Crippen molar-refractivity contribution in [2.45, 2.75) is 25.8 Å². The van der Waals surface area contributed by atoms with Gasteiger partial charge in [-0.05, 0) is 39.0 Å². The topological polar surface area (TPSA) is 102 Å². The molecule has 2 amide bonds. The quantitative estimate of drug-likeness (QED) is 0.237. The fourth-order valence-electron chi connectivity index (χ4n) is 3.49. The summed E-state index contributed by atoms with van der Waals surface area (Å²) in [5, 5.41) is 5.86. The zero-order valence-corrected chi connectivity index (χ0v) is 25.7. The second-order valence-electron chi connectivity index (χ2n) is 7.62. The van der Waals surface area contributed by atoms with Crippen molar-refractivity contribution in [2.75, 3.05) is 69.5 Å². The Balaban J connectivity index is 0. The summed E-state index contributed by atoms with van der Waals surface area (Å²) in [6, 6.07) is 3.42. The molecule has 0 saturated carbocycles. The molecule has 0 spiro atoms. The first-order chi connectivity index (χ1) is 15.8. The smallest absolute Gasteiger partial charge is 2.00 e. The van der Waals surface area contributed by atoms with Gasteiger partial charge in [-0.2, -0.15) is 37.9 Å². The minimum absolute atomic E-state index is 0. The fourth-order valence-corrected chi connectivity index (χ4v) is 4.46. The Morgan fingerprint density at radius 2 is 1.86 bits per heavy atom. The van der Waals surface area contributed by atoms with E-state index in [2.05, 4.69) is 72.3 Å². The summed E-state index contributed by atoms with van der Waals surface area (Å²) in [6.07, 6.45) is 2.24. The van der Waals surface area contributed by atoms with Crippen molar-refractivity contribution >= 4 is 67.0 Å². The van der Waals surface area contributed by atoms with Gasteiger partial charge in [0.2, 0.25) is 5.91 Å². The van der Waals surface area contributed by atoms with Gasteiger partial charge in [-0.1, -0.05) is 18.5 Å². The molecule has 0 aromatic heterocycles. The van der Waals surface area contributed by atoms with Gasteiger partial charge in [-0.15, -0.1) is 0 Å². The number of nitrogens with zero attached hydrogens (tertiary/aromatic N) is 2. The van der Waals surface area contributed by atoms with Gasteiger partial charge in [0.15, 0.2) is 0 Å². The number of thiol groups is 3. The Bertz CT molecular complexity index is 762. The van der Waals surface area contributed by atoms with Crippen LogP contribution >= 0.6 is 49.5 Å². The van der Waals surface area contributed by atoms with E-state index in [1.165, 1.54) is 13.2 Å². The van der Waals surface area contributed by atoms with Gasteiger partial charge < -0.3 is 25.7 Å². The van der Waals surface area contributed by atoms with Crippen molar-refractivity contribution in [2.24, 2.45) is 0 Å². The normalized spacial score (nSPS) is 14.8. The average molecular weight is 652 g/mol. The summed E-state index contributed by atoms with van der Waals surface area (Å²) in [4.78, 5) is 28.6. The van der Waals surface area contributed by atoms with Crippen molar-refractivity contribution in [3.63, 3.8) is 0 Å². The molecule has 1 fully saturated rings. The number of rotatable bonds is 11. The van der Waals surface area contributed by atoms with Crippen LogP contribution in [0.3, 0.4) is 0 Å². The van der Waals surface area contributed by atoms with Crippen LogP contribution in [-0.2, 0) is 30.4 Å². The number of likely N-dealkylation sites (N-methyl/N-ethyl adjacent to an activating group) is 1. The number of carbonyl (C=O) groups excluding carboxylic acids is 2. The number of amides is 2. The molecular weight excluding hydrogens is 615 g/mol. The van der Waals surface area contributed by atoms with Crippen LogP contribution < -0.4 is 15.4 Å². The summed E-state index contributed by atoms with van der Waals surface area (Å²) < 4.78 is 5.29. The van der Waals surface area contributed by atoms with Crippen LogP contribution in [0.4, 0.5) is 5.69 Å². The average Bonchev–Trinajstić information content (AvgIpc) is 3.26. The molecule has 13 heteroatoms. The molecule has 1 aromatic rings. The van der Waals surface area contributed by atoms with Gasteiger partial charge in [0.05, 0.1) is 29.1 Å². The first kappa shape index (κ1) is 37.0. The Hall–Kier alpha value is -0.171. The zero-order valence-electron chi connectivity index (χ0n) is 20.4. The molecule has 1 saturated heterocycles. The maximum atomic E-state index is 12.6. The zero-order chi connectivity index (χ0) is 24.8. The number of hydrogen-bond donors (Lipinski definition) is 5. The Morgan fingerprint density at radius 1 is 1.23 bits per heavy atom. The van der Waals surface area contributed by atoms with E-state index in [0.29, 0.717) is 29.6 Å². The van der Waals surface area contributed by atoms with Crippen LogP contribution in [0.5, 0.6) is 5.75 Å². The predicted octanol–water partition coefficient (Wildman–Crippen LogP) is 3.09. The Labute approximate surface area is 244 Å². The molecule has 197 valence electrons. The monoisotopic (exact) mass is 651 g/mol. The molecule has 2 rings (SSSR count). The maximum absolute atomic E-state index is 12.6. The molecule has 35 heavy (non-hydrogen) atoms. The third-order valence-electron chi connectivity index (χ3n) is 5.32. The molecule has 1 unspecified atom stereocenters.